The zero-order valence-corrected chi connectivity index (χ0v) is 10.2. The van der Waals surface area contributed by atoms with Crippen molar-refractivity contribution in [2.24, 2.45) is 5.41 Å². The van der Waals surface area contributed by atoms with Crippen molar-refractivity contribution in [3.63, 3.8) is 0 Å². The van der Waals surface area contributed by atoms with Gasteiger partial charge in [-0.3, -0.25) is 4.79 Å². The molecule has 0 atom stereocenters. The molecule has 0 aromatic rings. The zero-order valence-electron chi connectivity index (χ0n) is 10.2. The van der Waals surface area contributed by atoms with Crippen LogP contribution in [0.1, 0.15) is 53.9 Å². The van der Waals surface area contributed by atoms with Crippen LogP contribution < -0.4 is 0 Å². The Kier molecular flexibility index (Phi) is 6.01. The van der Waals surface area contributed by atoms with E-state index >= 15 is 0 Å². The molecule has 0 spiro atoms. The molecule has 0 heterocycles. The van der Waals surface area contributed by atoms with Gasteiger partial charge in [0.05, 0.1) is 6.10 Å². The van der Waals surface area contributed by atoms with Crippen LogP contribution in [0.15, 0.2) is 0 Å². The number of carbonyl (C=O) groups is 1. The van der Waals surface area contributed by atoms with Crippen LogP contribution >= 0.6 is 0 Å². The van der Waals surface area contributed by atoms with E-state index in [0.29, 0.717) is 18.3 Å². The van der Waals surface area contributed by atoms with Crippen molar-refractivity contribution < 1.29 is 9.53 Å². The van der Waals surface area contributed by atoms with Crippen LogP contribution in [0.2, 0.25) is 0 Å². The lowest BCUT2D eigenvalue weighted by Crippen LogP contribution is -2.19. The van der Waals surface area contributed by atoms with Crippen molar-refractivity contribution in [2.75, 3.05) is 6.61 Å². The first-order valence-corrected chi connectivity index (χ1v) is 5.49. The van der Waals surface area contributed by atoms with Gasteiger partial charge in [0.15, 0.2) is 0 Å². The Hall–Kier alpha value is -0.370. The molecule has 0 bridgehead atoms. The number of ketones is 1. The van der Waals surface area contributed by atoms with E-state index in [4.69, 9.17) is 4.74 Å². The molecule has 0 saturated heterocycles. The molecule has 2 heteroatoms. The fourth-order valence-electron chi connectivity index (χ4n) is 1.08. The number of hydrogen-bond acceptors (Lipinski definition) is 2. The highest BCUT2D eigenvalue weighted by molar-refractivity contribution is 5.83. The molecule has 0 N–H and O–H groups in total. The second-order valence-corrected chi connectivity index (χ2v) is 5.05. The van der Waals surface area contributed by atoms with Gasteiger partial charge in [-0.15, -0.1) is 0 Å². The molecule has 84 valence electrons. The highest BCUT2D eigenvalue weighted by Crippen LogP contribution is 2.18. The highest BCUT2D eigenvalue weighted by atomic mass is 16.5. The van der Waals surface area contributed by atoms with E-state index in [9.17, 15) is 4.79 Å². The van der Waals surface area contributed by atoms with Gasteiger partial charge in [0.2, 0.25) is 0 Å². The van der Waals surface area contributed by atoms with E-state index in [1.807, 2.05) is 34.6 Å². The number of rotatable bonds is 6. The molecule has 0 aromatic heterocycles. The largest absolute Gasteiger partial charge is 0.379 e. The summed E-state index contributed by atoms with van der Waals surface area (Å²) in [4.78, 5) is 11.5. The second-order valence-electron chi connectivity index (χ2n) is 5.05. The number of unbranched alkanes of at least 4 members (excludes halogenated alkanes) is 1. The van der Waals surface area contributed by atoms with E-state index in [0.717, 1.165) is 19.4 Å². The van der Waals surface area contributed by atoms with Gasteiger partial charge < -0.3 is 4.74 Å². The van der Waals surface area contributed by atoms with Crippen LogP contribution in [0, 0.1) is 5.41 Å². The molecule has 0 aromatic carbocycles. The van der Waals surface area contributed by atoms with Crippen molar-refractivity contribution in [2.45, 2.75) is 60.0 Å². The Bertz CT molecular complexity index is 166. The third-order valence-corrected chi connectivity index (χ3v) is 2.09. The number of hydrogen-bond donors (Lipinski definition) is 0. The molecule has 0 unspecified atom stereocenters. The van der Waals surface area contributed by atoms with E-state index in [2.05, 4.69) is 0 Å². The van der Waals surface area contributed by atoms with Crippen molar-refractivity contribution >= 4 is 5.78 Å². The third-order valence-electron chi connectivity index (χ3n) is 2.09. The minimum absolute atomic E-state index is 0.182. The molecule has 0 fully saturated rings. The van der Waals surface area contributed by atoms with Crippen LogP contribution in [-0.4, -0.2) is 18.5 Å². The standard InChI is InChI=1S/C12H24O2/c1-10(2)14-9-7-6-8-11(13)12(3,4)5/h10H,6-9H2,1-5H3. The summed E-state index contributed by atoms with van der Waals surface area (Å²) in [7, 11) is 0. The van der Waals surface area contributed by atoms with Crippen molar-refractivity contribution in [3.8, 4) is 0 Å². The van der Waals surface area contributed by atoms with Gasteiger partial charge in [0.1, 0.15) is 5.78 Å². The summed E-state index contributed by atoms with van der Waals surface area (Å²) < 4.78 is 5.40. The SMILES string of the molecule is CC(C)OCCCCC(=O)C(C)(C)C. The fraction of sp³-hybridized carbons (Fsp3) is 0.917. The van der Waals surface area contributed by atoms with Crippen molar-refractivity contribution in [3.05, 3.63) is 0 Å². The average Bonchev–Trinajstić information content (AvgIpc) is 2.01. The normalized spacial score (nSPS) is 12.1. The van der Waals surface area contributed by atoms with Crippen LogP contribution in [-0.2, 0) is 9.53 Å². The molecular weight excluding hydrogens is 176 g/mol. The Morgan fingerprint density at radius 1 is 1.21 bits per heavy atom. The predicted molar refractivity (Wildman–Crippen MR) is 59.4 cm³/mol. The molecule has 0 radical (unpaired) electrons. The maximum absolute atomic E-state index is 11.5. The zero-order chi connectivity index (χ0) is 11.2. The molecular formula is C12H24O2. The summed E-state index contributed by atoms with van der Waals surface area (Å²) in [6.45, 7) is 10.7. The van der Waals surface area contributed by atoms with Gasteiger partial charge in [0, 0.05) is 18.4 Å². The first kappa shape index (κ1) is 13.6. The monoisotopic (exact) mass is 200 g/mol. The lowest BCUT2D eigenvalue weighted by atomic mass is 9.88. The van der Waals surface area contributed by atoms with E-state index in [-0.39, 0.29) is 5.41 Å². The predicted octanol–water partition coefficient (Wildman–Crippen LogP) is 3.20. The summed E-state index contributed by atoms with van der Waals surface area (Å²) in [5.41, 5.74) is -0.182. The first-order chi connectivity index (χ1) is 6.34. The van der Waals surface area contributed by atoms with Crippen molar-refractivity contribution in [1.82, 2.24) is 0 Å². The Morgan fingerprint density at radius 3 is 2.21 bits per heavy atom. The number of carbonyl (C=O) groups excluding carboxylic acids is 1. The van der Waals surface area contributed by atoms with Gasteiger partial charge >= 0.3 is 0 Å². The van der Waals surface area contributed by atoms with Crippen LogP contribution in [0.5, 0.6) is 0 Å². The minimum Gasteiger partial charge on any atom is -0.379 e. The van der Waals surface area contributed by atoms with Crippen molar-refractivity contribution in [1.29, 1.82) is 0 Å². The lowest BCUT2D eigenvalue weighted by molar-refractivity contribution is -0.126. The quantitative estimate of drug-likeness (QED) is 0.615. The maximum atomic E-state index is 11.5. The minimum atomic E-state index is -0.182. The molecule has 0 aliphatic heterocycles. The van der Waals surface area contributed by atoms with E-state index in [1.165, 1.54) is 0 Å². The molecule has 0 rings (SSSR count). The van der Waals surface area contributed by atoms with Gasteiger partial charge in [-0.1, -0.05) is 20.8 Å². The molecule has 0 amide bonds. The Labute approximate surface area is 88.0 Å². The van der Waals surface area contributed by atoms with Crippen LogP contribution in [0.3, 0.4) is 0 Å². The van der Waals surface area contributed by atoms with Crippen LogP contribution in [0.4, 0.5) is 0 Å². The van der Waals surface area contributed by atoms with E-state index < -0.39 is 0 Å². The summed E-state index contributed by atoms with van der Waals surface area (Å²) in [5, 5.41) is 0. The van der Waals surface area contributed by atoms with Gasteiger partial charge in [-0.25, -0.2) is 0 Å². The topological polar surface area (TPSA) is 26.3 Å². The summed E-state index contributed by atoms with van der Waals surface area (Å²) in [6.07, 6.45) is 2.92. The van der Waals surface area contributed by atoms with Gasteiger partial charge in [-0.05, 0) is 26.7 Å². The fourth-order valence-corrected chi connectivity index (χ4v) is 1.08. The average molecular weight is 200 g/mol. The molecule has 0 aliphatic rings. The second kappa shape index (κ2) is 6.18. The Balaban J connectivity index is 3.42. The third kappa shape index (κ3) is 7.07. The summed E-state index contributed by atoms with van der Waals surface area (Å²) >= 11 is 0. The molecule has 0 aliphatic carbocycles. The highest BCUT2D eigenvalue weighted by Gasteiger charge is 2.19. The number of ether oxygens (including phenoxy) is 1. The number of Topliss-reactive ketones (excluding diaryl/α,β-unsaturated/α-hetero) is 1. The molecule has 14 heavy (non-hydrogen) atoms. The smallest absolute Gasteiger partial charge is 0.138 e. The lowest BCUT2D eigenvalue weighted by Gasteiger charge is -2.16. The van der Waals surface area contributed by atoms with E-state index in [1.54, 1.807) is 0 Å². The van der Waals surface area contributed by atoms with Gasteiger partial charge in [-0.2, -0.15) is 0 Å². The first-order valence-electron chi connectivity index (χ1n) is 5.49. The maximum Gasteiger partial charge on any atom is 0.138 e. The van der Waals surface area contributed by atoms with Crippen LogP contribution in [0.25, 0.3) is 0 Å². The molecule has 2 nitrogen and oxygen atoms in total. The summed E-state index contributed by atoms with van der Waals surface area (Å²) in [5.74, 6) is 0.349. The summed E-state index contributed by atoms with van der Waals surface area (Å²) in [6, 6.07) is 0. The molecule has 0 saturated carbocycles. The van der Waals surface area contributed by atoms with Gasteiger partial charge in [0.25, 0.3) is 0 Å². The Morgan fingerprint density at radius 2 is 1.79 bits per heavy atom.